The predicted octanol–water partition coefficient (Wildman–Crippen LogP) is 1.13. The molecule has 0 bridgehead atoms. The quantitative estimate of drug-likeness (QED) is 0.911. The third-order valence-corrected chi connectivity index (χ3v) is 4.61. The standard InChI is InChI=1S/C17H20N4O3/c1-12(21-7-6-20-5-4-18-16(20)10-21)17(22)19-9-13-2-3-14-15(8-13)24-11-23-14/h2-5,8,12H,6-7,9-11H2,1H3,(H,19,22)/t12-/m1/s1. The molecular weight excluding hydrogens is 308 g/mol. The zero-order valence-corrected chi connectivity index (χ0v) is 13.6. The number of carbonyl (C=O) groups is 1. The van der Waals surface area contributed by atoms with E-state index in [9.17, 15) is 4.79 Å². The molecule has 2 aliphatic heterocycles. The van der Waals surface area contributed by atoms with Crippen LogP contribution in [0.5, 0.6) is 11.5 Å². The van der Waals surface area contributed by atoms with Gasteiger partial charge < -0.3 is 19.4 Å². The zero-order chi connectivity index (χ0) is 16.5. The Bertz CT molecular complexity index is 758. The van der Waals surface area contributed by atoms with Crippen LogP contribution in [0.25, 0.3) is 0 Å². The van der Waals surface area contributed by atoms with Crippen molar-refractivity contribution in [3.05, 3.63) is 42.0 Å². The molecule has 1 aromatic carbocycles. The number of nitrogens with one attached hydrogen (secondary N) is 1. The summed E-state index contributed by atoms with van der Waals surface area (Å²) in [5.41, 5.74) is 0.994. The minimum absolute atomic E-state index is 0.0210. The van der Waals surface area contributed by atoms with Crippen LogP contribution in [0.15, 0.2) is 30.6 Å². The lowest BCUT2D eigenvalue weighted by Gasteiger charge is -2.31. The van der Waals surface area contributed by atoms with Crippen molar-refractivity contribution in [2.45, 2.75) is 32.6 Å². The van der Waals surface area contributed by atoms with Crippen molar-refractivity contribution in [2.75, 3.05) is 13.3 Å². The number of benzene rings is 1. The van der Waals surface area contributed by atoms with E-state index in [0.717, 1.165) is 36.0 Å². The molecule has 0 aliphatic carbocycles. The van der Waals surface area contributed by atoms with Crippen molar-refractivity contribution >= 4 is 5.91 Å². The van der Waals surface area contributed by atoms with Crippen molar-refractivity contribution < 1.29 is 14.3 Å². The van der Waals surface area contributed by atoms with E-state index in [1.54, 1.807) is 0 Å². The van der Waals surface area contributed by atoms with Crippen LogP contribution in [0.4, 0.5) is 0 Å². The number of imidazole rings is 1. The van der Waals surface area contributed by atoms with E-state index in [1.807, 2.05) is 37.5 Å². The molecule has 0 spiro atoms. The maximum atomic E-state index is 12.5. The first-order valence-corrected chi connectivity index (χ1v) is 8.11. The molecule has 24 heavy (non-hydrogen) atoms. The number of hydrogen-bond acceptors (Lipinski definition) is 5. The lowest BCUT2D eigenvalue weighted by Crippen LogP contribution is -2.47. The van der Waals surface area contributed by atoms with Gasteiger partial charge in [0.05, 0.1) is 12.6 Å². The van der Waals surface area contributed by atoms with Gasteiger partial charge in [-0.15, -0.1) is 0 Å². The van der Waals surface area contributed by atoms with Crippen LogP contribution in [0.2, 0.25) is 0 Å². The molecule has 7 heteroatoms. The Labute approximate surface area is 140 Å². The summed E-state index contributed by atoms with van der Waals surface area (Å²) < 4.78 is 12.8. The van der Waals surface area contributed by atoms with E-state index >= 15 is 0 Å². The number of ether oxygens (including phenoxy) is 2. The van der Waals surface area contributed by atoms with Gasteiger partial charge in [0.1, 0.15) is 5.82 Å². The Kier molecular flexibility index (Phi) is 3.86. The maximum Gasteiger partial charge on any atom is 0.237 e. The Morgan fingerprint density at radius 2 is 2.21 bits per heavy atom. The maximum absolute atomic E-state index is 12.5. The molecular formula is C17H20N4O3. The molecule has 3 heterocycles. The number of carbonyl (C=O) groups excluding carboxylic acids is 1. The first-order chi connectivity index (χ1) is 11.7. The van der Waals surface area contributed by atoms with Crippen LogP contribution >= 0.6 is 0 Å². The van der Waals surface area contributed by atoms with E-state index in [-0.39, 0.29) is 18.7 Å². The second kappa shape index (κ2) is 6.16. The number of amides is 1. The normalized spacial score (nSPS) is 17.4. The molecule has 1 N–H and O–H groups in total. The second-order valence-corrected chi connectivity index (χ2v) is 6.09. The summed E-state index contributed by atoms with van der Waals surface area (Å²) in [4.78, 5) is 19.0. The van der Waals surface area contributed by atoms with E-state index in [1.165, 1.54) is 0 Å². The number of rotatable bonds is 4. The Hall–Kier alpha value is -2.54. The van der Waals surface area contributed by atoms with Gasteiger partial charge in [-0.05, 0) is 24.6 Å². The fourth-order valence-corrected chi connectivity index (χ4v) is 3.08. The van der Waals surface area contributed by atoms with Crippen molar-refractivity contribution in [1.82, 2.24) is 19.8 Å². The second-order valence-electron chi connectivity index (χ2n) is 6.09. The summed E-state index contributed by atoms with van der Waals surface area (Å²) in [6.45, 7) is 5.09. The molecule has 2 aromatic rings. The Morgan fingerprint density at radius 3 is 3.12 bits per heavy atom. The average molecular weight is 328 g/mol. The summed E-state index contributed by atoms with van der Waals surface area (Å²) >= 11 is 0. The van der Waals surface area contributed by atoms with Crippen LogP contribution in [0, 0.1) is 0 Å². The fraction of sp³-hybridized carbons (Fsp3) is 0.412. The lowest BCUT2D eigenvalue weighted by atomic mass is 10.2. The average Bonchev–Trinajstić information content (AvgIpc) is 3.26. The molecule has 4 rings (SSSR count). The topological polar surface area (TPSA) is 68.6 Å². The highest BCUT2D eigenvalue weighted by Gasteiger charge is 2.25. The molecule has 1 atom stereocenters. The monoisotopic (exact) mass is 328 g/mol. The molecule has 0 unspecified atom stereocenters. The summed E-state index contributed by atoms with van der Waals surface area (Å²) in [5, 5.41) is 3.00. The highest BCUT2D eigenvalue weighted by Crippen LogP contribution is 2.32. The van der Waals surface area contributed by atoms with Crippen LogP contribution in [0.3, 0.4) is 0 Å². The van der Waals surface area contributed by atoms with Crippen molar-refractivity contribution in [3.8, 4) is 11.5 Å². The van der Waals surface area contributed by atoms with Crippen LogP contribution in [-0.4, -0.2) is 39.7 Å². The number of hydrogen-bond donors (Lipinski definition) is 1. The zero-order valence-electron chi connectivity index (χ0n) is 13.6. The first kappa shape index (κ1) is 15.0. The van der Waals surface area contributed by atoms with Crippen LogP contribution in [-0.2, 0) is 24.4 Å². The van der Waals surface area contributed by atoms with Gasteiger partial charge in [-0.25, -0.2) is 4.98 Å². The summed E-state index contributed by atoms with van der Waals surface area (Å²) in [5.74, 6) is 2.52. The minimum atomic E-state index is -0.190. The van der Waals surface area contributed by atoms with Gasteiger partial charge in [0, 0.05) is 32.0 Å². The van der Waals surface area contributed by atoms with E-state index < -0.39 is 0 Å². The molecule has 0 saturated heterocycles. The van der Waals surface area contributed by atoms with Crippen LogP contribution in [0.1, 0.15) is 18.3 Å². The summed E-state index contributed by atoms with van der Waals surface area (Å²) in [6.07, 6.45) is 3.79. The molecule has 2 aliphatic rings. The highest BCUT2D eigenvalue weighted by atomic mass is 16.7. The molecule has 1 aromatic heterocycles. The van der Waals surface area contributed by atoms with Gasteiger partial charge in [0.25, 0.3) is 0 Å². The SMILES string of the molecule is C[C@H](C(=O)NCc1ccc2c(c1)OCO2)N1CCn2ccnc2C1. The van der Waals surface area contributed by atoms with Gasteiger partial charge in [-0.1, -0.05) is 6.07 Å². The third-order valence-electron chi connectivity index (χ3n) is 4.61. The molecule has 0 fully saturated rings. The first-order valence-electron chi connectivity index (χ1n) is 8.11. The highest BCUT2D eigenvalue weighted by molar-refractivity contribution is 5.81. The number of aromatic nitrogens is 2. The Balaban J connectivity index is 1.34. The van der Waals surface area contributed by atoms with E-state index in [4.69, 9.17) is 9.47 Å². The van der Waals surface area contributed by atoms with Gasteiger partial charge in [0.2, 0.25) is 12.7 Å². The molecule has 126 valence electrons. The summed E-state index contributed by atoms with van der Waals surface area (Å²) in [7, 11) is 0. The van der Waals surface area contributed by atoms with E-state index in [2.05, 4.69) is 19.8 Å². The lowest BCUT2D eigenvalue weighted by molar-refractivity contribution is -0.126. The smallest absolute Gasteiger partial charge is 0.237 e. The predicted molar refractivity (Wildman–Crippen MR) is 86.5 cm³/mol. The molecule has 0 saturated carbocycles. The van der Waals surface area contributed by atoms with E-state index in [0.29, 0.717) is 13.1 Å². The summed E-state index contributed by atoms with van der Waals surface area (Å²) in [6, 6.07) is 5.53. The van der Waals surface area contributed by atoms with Crippen molar-refractivity contribution in [3.63, 3.8) is 0 Å². The molecule has 1 amide bonds. The number of nitrogens with zero attached hydrogens (tertiary/aromatic N) is 3. The van der Waals surface area contributed by atoms with Gasteiger partial charge >= 0.3 is 0 Å². The van der Waals surface area contributed by atoms with Gasteiger partial charge in [-0.3, -0.25) is 9.69 Å². The fourth-order valence-electron chi connectivity index (χ4n) is 3.08. The van der Waals surface area contributed by atoms with Crippen molar-refractivity contribution in [1.29, 1.82) is 0 Å². The third kappa shape index (κ3) is 2.82. The van der Waals surface area contributed by atoms with Gasteiger partial charge in [0.15, 0.2) is 11.5 Å². The van der Waals surface area contributed by atoms with Crippen molar-refractivity contribution in [2.24, 2.45) is 0 Å². The van der Waals surface area contributed by atoms with Gasteiger partial charge in [-0.2, -0.15) is 0 Å². The largest absolute Gasteiger partial charge is 0.454 e. The van der Waals surface area contributed by atoms with Crippen LogP contribution < -0.4 is 14.8 Å². The number of fused-ring (bicyclic) bond motifs is 2. The Morgan fingerprint density at radius 1 is 1.33 bits per heavy atom. The molecule has 0 radical (unpaired) electrons. The molecule has 7 nitrogen and oxygen atoms in total. The minimum Gasteiger partial charge on any atom is -0.454 e.